The van der Waals surface area contributed by atoms with Crippen molar-refractivity contribution in [3.05, 3.63) is 210 Å². The lowest BCUT2D eigenvalue weighted by atomic mass is 9.61. The molecule has 10 aromatic carbocycles. The first-order chi connectivity index (χ1) is 32.8. The number of rotatable bonds is 5. The molecule has 3 nitrogen and oxygen atoms in total. The number of hydrogen-bond acceptors (Lipinski definition) is 2. The third-order valence-corrected chi connectivity index (χ3v) is 15.9. The van der Waals surface area contributed by atoms with E-state index in [9.17, 15) is 0 Å². The molecule has 14 rings (SSSR count). The Morgan fingerprint density at radius 2 is 0.970 bits per heavy atom. The molecule has 0 saturated carbocycles. The van der Waals surface area contributed by atoms with Crippen molar-refractivity contribution < 1.29 is 4.42 Å². The highest BCUT2D eigenvalue weighted by atomic mass is 16.3. The summed E-state index contributed by atoms with van der Waals surface area (Å²) in [6.45, 7) is 0. The maximum Gasteiger partial charge on any atom is 0.141 e. The van der Waals surface area contributed by atoms with Crippen molar-refractivity contribution in [1.82, 2.24) is 4.57 Å². The average Bonchev–Trinajstić information content (AvgIpc) is 4.02. The fraction of sp³-hybridized carbons (Fsp3) is 0.0169. The zero-order valence-electron chi connectivity index (χ0n) is 38.2. The summed E-state index contributed by atoms with van der Waals surface area (Å²) in [7, 11) is 11.3. The summed E-state index contributed by atoms with van der Waals surface area (Å²) in [6.07, 6.45) is 0. The summed E-state index contributed by atoms with van der Waals surface area (Å²) in [6, 6.07) is 70.1. The van der Waals surface area contributed by atoms with Crippen LogP contribution < -0.4 is 32.2 Å². The Morgan fingerprint density at radius 1 is 0.388 bits per heavy atom. The predicted molar refractivity (Wildman–Crippen MR) is 297 cm³/mol. The Kier molecular flexibility index (Phi) is 7.95. The third kappa shape index (κ3) is 4.97. The van der Waals surface area contributed by atoms with Gasteiger partial charge in [-0.3, -0.25) is 0 Å². The Morgan fingerprint density at radius 3 is 1.72 bits per heavy atom. The summed E-state index contributed by atoms with van der Waals surface area (Å²) in [5.74, 6) is 0. The summed E-state index contributed by atoms with van der Waals surface area (Å²) in [4.78, 5) is 2.45. The Hall–Kier alpha value is -7.82. The third-order valence-electron chi connectivity index (χ3n) is 15.9. The number of anilines is 3. The molecule has 0 bridgehead atoms. The second-order valence-electron chi connectivity index (χ2n) is 18.9. The van der Waals surface area contributed by atoms with E-state index < -0.39 is 5.41 Å². The molecule has 0 saturated heterocycles. The monoisotopic (exact) mass is 848 g/mol. The van der Waals surface area contributed by atoms with Gasteiger partial charge in [0.05, 0.1) is 16.4 Å². The van der Waals surface area contributed by atoms with Gasteiger partial charge in [0.2, 0.25) is 0 Å². The van der Waals surface area contributed by atoms with Crippen LogP contribution in [0.25, 0.3) is 82.5 Å². The zero-order valence-corrected chi connectivity index (χ0v) is 38.2. The molecule has 0 radical (unpaired) electrons. The van der Waals surface area contributed by atoms with Crippen LogP contribution in [0.15, 0.2) is 192 Å². The van der Waals surface area contributed by atoms with E-state index in [0.717, 1.165) is 39.0 Å². The maximum atomic E-state index is 6.52. The van der Waals surface area contributed by atoms with Crippen LogP contribution in [0.5, 0.6) is 0 Å². The van der Waals surface area contributed by atoms with Crippen molar-refractivity contribution >= 4 is 138 Å². The van der Waals surface area contributed by atoms with Crippen LogP contribution >= 0.6 is 0 Å². The molecule has 0 aliphatic heterocycles. The van der Waals surface area contributed by atoms with Crippen molar-refractivity contribution in [2.24, 2.45) is 0 Å². The first kappa shape index (κ1) is 38.5. The fourth-order valence-corrected chi connectivity index (χ4v) is 12.6. The van der Waals surface area contributed by atoms with Gasteiger partial charge >= 0.3 is 0 Å². The lowest BCUT2D eigenvalue weighted by molar-refractivity contribution is 0.668. The second-order valence-corrected chi connectivity index (χ2v) is 18.9. The lowest BCUT2D eigenvalue weighted by Crippen LogP contribution is -2.56. The normalized spacial score (nSPS) is 13.2. The molecule has 308 valence electrons. The van der Waals surface area contributed by atoms with E-state index in [-0.39, 0.29) is 0 Å². The number of nitrogens with zero attached hydrogens (tertiary/aromatic N) is 2. The first-order valence-corrected chi connectivity index (χ1v) is 23.5. The van der Waals surface area contributed by atoms with Gasteiger partial charge in [0.1, 0.15) is 50.4 Å². The highest BCUT2D eigenvalue weighted by Crippen LogP contribution is 2.62. The van der Waals surface area contributed by atoms with Crippen molar-refractivity contribution in [2.75, 3.05) is 4.90 Å². The molecule has 2 aliphatic carbocycles. The summed E-state index contributed by atoms with van der Waals surface area (Å²) in [5, 5.41) is 7.47. The van der Waals surface area contributed by atoms with Gasteiger partial charge in [-0.15, -0.1) is 5.46 Å². The molecule has 67 heavy (non-hydrogen) atoms. The second kappa shape index (κ2) is 13.9. The van der Waals surface area contributed by atoms with Crippen LogP contribution in [0.1, 0.15) is 22.3 Å². The van der Waals surface area contributed by atoms with Crippen molar-refractivity contribution in [2.45, 2.75) is 5.41 Å². The minimum Gasteiger partial charge on any atom is -0.456 e. The van der Waals surface area contributed by atoms with Gasteiger partial charge in [0.25, 0.3) is 0 Å². The maximum absolute atomic E-state index is 6.52. The molecule has 2 aliphatic rings. The number of aromatic nitrogens is 1. The van der Waals surface area contributed by atoms with Crippen LogP contribution in [0.4, 0.5) is 17.1 Å². The van der Waals surface area contributed by atoms with Crippen molar-refractivity contribution in [3.8, 4) is 27.9 Å². The minimum absolute atomic E-state index is 0.514. The van der Waals surface area contributed by atoms with Gasteiger partial charge in [-0.05, 0) is 110 Å². The molecular weight excluding hydrogens is 807 g/mol. The Balaban J connectivity index is 1.04. The van der Waals surface area contributed by atoms with E-state index in [2.05, 4.69) is 231 Å². The molecule has 1 spiro atoms. The fourth-order valence-electron chi connectivity index (χ4n) is 12.6. The molecule has 2 heterocycles. The summed E-state index contributed by atoms with van der Waals surface area (Å²) in [5.41, 5.74) is 25.4. The molecule has 8 heteroatoms. The highest BCUT2D eigenvalue weighted by molar-refractivity contribution is 6.69. The number of benzene rings is 10. The molecule has 2 aromatic heterocycles. The molecule has 0 amide bonds. The molecule has 0 fully saturated rings. The predicted octanol–water partition coefficient (Wildman–Crippen LogP) is 6.94. The van der Waals surface area contributed by atoms with Crippen LogP contribution in [-0.4, -0.2) is 43.8 Å². The smallest absolute Gasteiger partial charge is 0.141 e. The first-order valence-electron chi connectivity index (χ1n) is 23.5. The van der Waals surface area contributed by atoms with Gasteiger partial charge in [-0.2, -0.15) is 0 Å². The minimum atomic E-state index is -0.514. The van der Waals surface area contributed by atoms with E-state index in [1.165, 1.54) is 110 Å². The quantitative estimate of drug-likeness (QED) is 0.175. The average molecular weight is 848 g/mol. The van der Waals surface area contributed by atoms with Gasteiger partial charge in [-0.25, -0.2) is 0 Å². The van der Waals surface area contributed by atoms with Crippen LogP contribution in [0.3, 0.4) is 0 Å². The van der Waals surface area contributed by atoms with Crippen LogP contribution in [0.2, 0.25) is 0 Å². The Bertz CT molecular complexity index is 4040. The molecule has 0 N–H and O–H groups in total. The molecule has 0 atom stereocenters. The largest absolute Gasteiger partial charge is 0.456 e. The van der Waals surface area contributed by atoms with E-state index in [0.29, 0.717) is 0 Å². The molecule has 0 unspecified atom stereocenters. The highest BCUT2D eigenvalue weighted by Gasteiger charge is 2.50. The zero-order chi connectivity index (χ0) is 44.9. The van der Waals surface area contributed by atoms with Gasteiger partial charge < -0.3 is 13.9 Å². The molecular formula is C59H41B5N2O. The standard InChI is InChI=1S/C59H41B5N2O/c60-53-54(61)56(63)58(57(64)55(53)62)65(33-11-2-1-3-12-33)34-23-21-32(22-24-34)36-27-29-45-50-41(36)28-30-47-52(50)51-44(59(45)42-16-7-4-13-37(42)38-14-5-8-17-43(38)59)18-10-19-46(51)66(47)35-25-26-40-39-15-6-9-20-48(39)67-49(40)31-35/h1-31H,60-64H2. The number of para-hydroxylation sites is 2. The van der Waals surface area contributed by atoms with E-state index >= 15 is 0 Å². The van der Waals surface area contributed by atoms with E-state index in [1.807, 2.05) is 6.07 Å². The van der Waals surface area contributed by atoms with Crippen molar-refractivity contribution in [3.63, 3.8) is 0 Å². The Labute approximate surface area is 393 Å². The van der Waals surface area contributed by atoms with Gasteiger partial charge in [0.15, 0.2) is 0 Å². The summed E-state index contributed by atoms with van der Waals surface area (Å²) < 4.78 is 9.00. The SMILES string of the molecule is Bc1c(B)c(B)c(N(c2ccccc2)c2ccc(-c3ccc4c5c3ccc3c5c5c(cccc5n3-c3ccc5c(c3)oc3ccccc35)C43c4ccccc4-c4ccccc43)cc2)c(B)c1B. The van der Waals surface area contributed by atoms with Crippen molar-refractivity contribution in [1.29, 1.82) is 0 Å². The number of furan rings is 1. The van der Waals surface area contributed by atoms with E-state index in [1.54, 1.807) is 0 Å². The van der Waals surface area contributed by atoms with Crippen LogP contribution in [-0.2, 0) is 5.41 Å². The van der Waals surface area contributed by atoms with Gasteiger partial charge in [-0.1, -0.05) is 149 Å². The lowest BCUT2D eigenvalue weighted by Gasteiger charge is -2.38. The number of fused-ring (bicyclic) bond motifs is 10. The number of hydrogen-bond donors (Lipinski definition) is 0. The van der Waals surface area contributed by atoms with Gasteiger partial charge in [0, 0.05) is 50.4 Å². The topological polar surface area (TPSA) is 21.3 Å². The summed E-state index contributed by atoms with van der Waals surface area (Å²) >= 11 is 0. The van der Waals surface area contributed by atoms with Crippen LogP contribution in [0, 0.1) is 0 Å². The molecule has 12 aromatic rings. The van der Waals surface area contributed by atoms with E-state index in [4.69, 9.17) is 4.42 Å².